The standard InChI is InChI=1S/C22H22F4N6O2/c1-14(17-9-16(23)3-4-19(17)34-13-22(24,25)26)30(2)20-5-6-32-21(29-20)18(11-28-32)15-10-27-31(12-15)7-8-33/h3-6,9-12,14,33H,7-8,13H2,1-2H3. The summed E-state index contributed by atoms with van der Waals surface area (Å²) in [5.74, 6) is -0.146. The van der Waals surface area contributed by atoms with E-state index in [4.69, 9.17) is 9.84 Å². The molecule has 1 atom stereocenters. The minimum atomic E-state index is -4.52. The lowest BCUT2D eigenvalue weighted by molar-refractivity contribution is -0.153. The van der Waals surface area contributed by atoms with Gasteiger partial charge in [0.15, 0.2) is 12.3 Å². The van der Waals surface area contributed by atoms with Gasteiger partial charge in [-0.1, -0.05) is 0 Å². The zero-order valence-electron chi connectivity index (χ0n) is 18.4. The van der Waals surface area contributed by atoms with E-state index in [-0.39, 0.29) is 17.9 Å². The van der Waals surface area contributed by atoms with Gasteiger partial charge in [-0.05, 0) is 31.2 Å². The van der Waals surface area contributed by atoms with E-state index >= 15 is 0 Å². The largest absolute Gasteiger partial charge is 0.484 e. The van der Waals surface area contributed by atoms with E-state index < -0.39 is 24.6 Å². The van der Waals surface area contributed by atoms with Crippen molar-refractivity contribution in [2.45, 2.75) is 25.7 Å². The van der Waals surface area contributed by atoms with Crippen LogP contribution in [0.5, 0.6) is 5.75 Å². The van der Waals surface area contributed by atoms with Gasteiger partial charge in [0.05, 0.1) is 31.6 Å². The van der Waals surface area contributed by atoms with Gasteiger partial charge in [-0.3, -0.25) is 4.68 Å². The lowest BCUT2D eigenvalue weighted by Crippen LogP contribution is -2.25. The number of rotatable bonds is 8. The van der Waals surface area contributed by atoms with E-state index in [0.717, 1.165) is 17.7 Å². The van der Waals surface area contributed by atoms with Crippen LogP contribution in [0.25, 0.3) is 16.8 Å². The molecule has 1 unspecified atom stereocenters. The lowest BCUT2D eigenvalue weighted by Gasteiger charge is -2.28. The molecule has 4 aromatic rings. The van der Waals surface area contributed by atoms with Gasteiger partial charge in [-0.15, -0.1) is 0 Å². The maximum Gasteiger partial charge on any atom is 0.422 e. The zero-order chi connectivity index (χ0) is 24.5. The van der Waals surface area contributed by atoms with E-state index in [1.165, 1.54) is 6.07 Å². The van der Waals surface area contributed by atoms with Crippen molar-refractivity contribution in [3.63, 3.8) is 0 Å². The second-order valence-corrected chi connectivity index (χ2v) is 7.70. The summed E-state index contributed by atoms with van der Waals surface area (Å²) in [5.41, 5.74) is 2.27. The van der Waals surface area contributed by atoms with E-state index in [9.17, 15) is 17.6 Å². The zero-order valence-corrected chi connectivity index (χ0v) is 18.4. The Morgan fingerprint density at radius 2 is 1.97 bits per heavy atom. The molecule has 1 N–H and O–H groups in total. The molecule has 0 spiro atoms. The normalized spacial score (nSPS) is 12.8. The molecule has 0 saturated carbocycles. The maximum absolute atomic E-state index is 14.0. The van der Waals surface area contributed by atoms with Crippen molar-refractivity contribution in [1.29, 1.82) is 0 Å². The predicted molar refractivity (Wildman–Crippen MR) is 116 cm³/mol. The average molecular weight is 478 g/mol. The summed E-state index contributed by atoms with van der Waals surface area (Å²) in [6.07, 6.45) is 2.24. The number of aromatic nitrogens is 5. The van der Waals surface area contributed by atoms with Crippen molar-refractivity contribution in [2.24, 2.45) is 0 Å². The predicted octanol–water partition coefficient (Wildman–Crippen LogP) is 3.86. The fourth-order valence-corrected chi connectivity index (χ4v) is 3.53. The number of benzene rings is 1. The van der Waals surface area contributed by atoms with Crippen LogP contribution in [0.3, 0.4) is 0 Å². The van der Waals surface area contributed by atoms with E-state index in [2.05, 4.69) is 15.2 Å². The molecule has 12 heteroatoms. The number of halogens is 4. The summed E-state index contributed by atoms with van der Waals surface area (Å²) in [6, 6.07) is 4.54. The highest BCUT2D eigenvalue weighted by molar-refractivity contribution is 5.77. The van der Waals surface area contributed by atoms with Gasteiger partial charge in [0.2, 0.25) is 0 Å². The first-order chi connectivity index (χ1) is 16.2. The minimum absolute atomic E-state index is 0.0459. The van der Waals surface area contributed by atoms with Gasteiger partial charge in [-0.2, -0.15) is 23.4 Å². The number of alkyl halides is 3. The van der Waals surface area contributed by atoms with Gasteiger partial charge >= 0.3 is 6.18 Å². The molecule has 0 aliphatic heterocycles. The molecule has 3 heterocycles. The molecule has 0 aliphatic rings. The molecule has 3 aromatic heterocycles. The molecule has 34 heavy (non-hydrogen) atoms. The van der Waals surface area contributed by atoms with Gasteiger partial charge in [0.1, 0.15) is 17.4 Å². The smallest absolute Gasteiger partial charge is 0.422 e. The van der Waals surface area contributed by atoms with Crippen LogP contribution >= 0.6 is 0 Å². The topological polar surface area (TPSA) is 80.7 Å². The summed E-state index contributed by atoms with van der Waals surface area (Å²) in [4.78, 5) is 6.39. The number of ether oxygens (including phenoxy) is 1. The molecule has 1 aromatic carbocycles. The second-order valence-electron chi connectivity index (χ2n) is 7.70. The molecule has 180 valence electrons. The van der Waals surface area contributed by atoms with Crippen LogP contribution in [0.2, 0.25) is 0 Å². The lowest BCUT2D eigenvalue weighted by atomic mass is 10.1. The molecule has 4 rings (SSSR count). The van der Waals surface area contributed by atoms with Crippen molar-refractivity contribution in [1.82, 2.24) is 24.4 Å². The third-order valence-electron chi connectivity index (χ3n) is 5.38. The highest BCUT2D eigenvalue weighted by Gasteiger charge is 2.29. The Bertz CT molecular complexity index is 1290. The number of aliphatic hydroxyl groups excluding tert-OH is 1. The molecular weight excluding hydrogens is 456 g/mol. The van der Waals surface area contributed by atoms with Crippen LogP contribution in [-0.2, 0) is 6.54 Å². The first-order valence-corrected chi connectivity index (χ1v) is 10.4. The van der Waals surface area contributed by atoms with E-state index in [0.29, 0.717) is 23.6 Å². The van der Waals surface area contributed by atoms with E-state index in [1.807, 2.05) is 0 Å². The van der Waals surface area contributed by atoms with Gasteiger partial charge < -0.3 is 14.7 Å². The Labute approximate surface area is 192 Å². The number of anilines is 1. The Hall–Kier alpha value is -3.67. The number of fused-ring (bicyclic) bond motifs is 1. The average Bonchev–Trinajstić information content (AvgIpc) is 3.43. The van der Waals surface area contributed by atoms with Crippen molar-refractivity contribution in [2.75, 3.05) is 25.2 Å². The molecule has 0 saturated heterocycles. The first kappa shape index (κ1) is 23.5. The van der Waals surface area contributed by atoms with Crippen LogP contribution in [0.4, 0.5) is 23.4 Å². The van der Waals surface area contributed by atoms with Crippen molar-refractivity contribution >= 4 is 11.5 Å². The summed E-state index contributed by atoms with van der Waals surface area (Å²) in [5, 5.41) is 17.6. The fraction of sp³-hybridized carbons (Fsp3) is 0.318. The van der Waals surface area contributed by atoms with Crippen LogP contribution < -0.4 is 9.64 Å². The van der Waals surface area contributed by atoms with Crippen LogP contribution in [0.15, 0.2) is 49.1 Å². The first-order valence-electron chi connectivity index (χ1n) is 10.4. The van der Waals surface area contributed by atoms with Crippen LogP contribution in [0.1, 0.15) is 18.5 Å². The Kier molecular flexibility index (Phi) is 6.42. The molecular formula is C22H22F4N6O2. The number of hydrogen-bond donors (Lipinski definition) is 1. The highest BCUT2D eigenvalue weighted by Crippen LogP contribution is 2.33. The molecule has 8 nitrogen and oxygen atoms in total. The Balaban J connectivity index is 1.65. The molecule has 0 amide bonds. The van der Waals surface area contributed by atoms with Crippen LogP contribution in [0, 0.1) is 5.82 Å². The maximum atomic E-state index is 14.0. The molecule has 0 radical (unpaired) electrons. The molecule has 0 fully saturated rings. The van der Waals surface area contributed by atoms with Gasteiger partial charge in [0.25, 0.3) is 0 Å². The van der Waals surface area contributed by atoms with Crippen LogP contribution in [-0.4, -0.2) is 55.9 Å². The number of hydrogen-bond acceptors (Lipinski definition) is 6. The minimum Gasteiger partial charge on any atom is -0.484 e. The quantitative estimate of drug-likeness (QED) is 0.388. The Morgan fingerprint density at radius 1 is 1.18 bits per heavy atom. The number of aliphatic hydroxyl groups is 1. The van der Waals surface area contributed by atoms with Crippen molar-refractivity contribution < 1.29 is 27.4 Å². The summed E-state index contributed by atoms with van der Waals surface area (Å²) in [6.45, 7) is 0.549. The molecule has 0 aliphatic carbocycles. The van der Waals surface area contributed by atoms with Gasteiger partial charge in [-0.25, -0.2) is 13.9 Å². The summed E-state index contributed by atoms with van der Waals surface area (Å²) >= 11 is 0. The van der Waals surface area contributed by atoms with Crippen molar-refractivity contribution in [3.8, 4) is 16.9 Å². The molecule has 0 bridgehead atoms. The third kappa shape index (κ3) is 4.96. The number of nitrogens with zero attached hydrogens (tertiary/aromatic N) is 6. The fourth-order valence-electron chi connectivity index (χ4n) is 3.53. The summed E-state index contributed by atoms with van der Waals surface area (Å²) < 4.78 is 60.1. The summed E-state index contributed by atoms with van der Waals surface area (Å²) in [7, 11) is 1.71. The SMILES string of the molecule is CC(c1cc(F)ccc1OCC(F)(F)F)N(C)c1ccn2ncc(-c3cnn(CCO)c3)c2n1. The monoisotopic (exact) mass is 478 g/mol. The second kappa shape index (κ2) is 9.29. The van der Waals surface area contributed by atoms with Gasteiger partial charge in [0, 0.05) is 36.1 Å². The highest BCUT2D eigenvalue weighted by atomic mass is 19.4. The Morgan fingerprint density at radius 3 is 2.71 bits per heavy atom. The van der Waals surface area contributed by atoms with Crippen molar-refractivity contribution in [3.05, 3.63) is 60.4 Å². The van der Waals surface area contributed by atoms with E-state index in [1.54, 1.807) is 58.9 Å². The third-order valence-corrected chi connectivity index (χ3v) is 5.38.